The van der Waals surface area contributed by atoms with E-state index in [1.165, 1.54) is 12.1 Å². The van der Waals surface area contributed by atoms with Crippen LogP contribution in [0.15, 0.2) is 18.2 Å². The maximum absolute atomic E-state index is 13.0. The van der Waals surface area contributed by atoms with Gasteiger partial charge in [-0.15, -0.1) is 0 Å². The average molecular weight is 162 g/mol. The van der Waals surface area contributed by atoms with Gasteiger partial charge in [0.15, 0.2) is 0 Å². The molecule has 1 radical (unpaired) electrons. The van der Waals surface area contributed by atoms with Crippen LogP contribution < -0.4 is 0 Å². The third-order valence-corrected chi connectivity index (χ3v) is 1.67. The molecular weight excluding hydrogens is 153 g/mol. The molecule has 61 valence electrons. The summed E-state index contributed by atoms with van der Waals surface area (Å²) in [5.74, 6) is 0.592. The van der Waals surface area contributed by atoms with Crippen molar-refractivity contribution in [2.75, 3.05) is 0 Å². The van der Waals surface area contributed by atoms with Gasteiger partial charge in [-0.3, -0.25) is 0 Å². The van der Waals surface area contributed by atoms with Crippen LogP contribution in [-0.4, -0.2) is 0 Å². The van der Waals surface area contributed by atoms with E-state index in [2.05, 4.69) is 0 Å². The molecule has 1 rings (SSSR count). The van der Waals surface area contributed by atoms with Gasteiger partial charge in [-0.25, -0.2) is 4.39 Å². The Hall–Kier alpha value is -1.36. The van der Waals surface area contributed by atoms with E-state index in [1.807, 2.05) is 13.8 Å². The third-order valence-electron chi connectivity index (χ3n) is 1.67. The SMILES string of the molecule is C[C](C)c1ccc(C#N)c(F)c1. The number of nitriles is 1. The summed E-state index contributed by atoms with van der Waals surface area (Å²) in [6.07, 6.45) is 0. The number of hydrogen-bond acceptors (Lipinski definition) is 1. The summed E-state index contributed by atoms with van der Waals surface area (Å²) in [5.41, 5.74) is 0.937. The number of hydrogen-bond donors (Lipinski definition) is 0. The topological polar surface area (TPSA) is 23.8 Å². The quantitative estimate of drug-likeness (QED) is 0.622. The van der Waals surface area contributed by atoms with Crippen LogP contribution in [0, 0.1) is 23.1 Å². The molecule has 0 saturated carbocycles. The molecule has 0 unspecified atom stereocenters. The first-order valence-electron chi connectivity index (χ1n) is 3.65. The second-order valence-electron chi connectivity index (χ2n) is 2.81. The molecule has 0 spiro atoms. The lowest BCUT2D eigenvalue weighted by Crippen LogP contribution is -1.91. The molecule has 0 aliphatic heterocycles. The minimum atomic E-state index is -0.448. The van der Waals surface area contributed by atoms with Crippen molar-refractivity contribution in [3.8, 4) is 6.07 Å². The van der Waals surface area contributed by atoms with Crippen molar-refractivity contribution in [3.63, 3.8) is 0 Å². The molecule has 2 heteroatoms. The van der Waals surface area contributed by atoms with Gasteiger partial charge in [-0.05, 0) is 23.6 Å². The van der Waals surface area contributed by atoms with Crippen molar-refractivity contribution in [1.82, 2.24) is 0 Å². The Bertz CT molecular complexity index is 323. The van der Waals surface area contributed by atoms with Crippen LogP contribution >= 0.6 is 0 Å². The minimum Gasteiger partial charge on any atom is -0.206 e. The van der Waals surface area contributed by atoms with E-state index in [-0.39, 0.29) is 5.56 Å². The summed E-state index contributed by atoms with van der Waals surface area (Å²) in [5, 5.41) is 8.45. The van der Waals surface area contributed by atoms with Gasteiger partial charge in [0, 0.05) is 0 Å². The van der Waals surface area contributed by atoms with Gasteiger partial charge in [0.2, 0.25) is 0 Å². The van der Waals surface area contributed by atoms with Gasteiger partial charge >= 0.3 is 0 Å². The van der Waals surface area contributed by atoms with Crippen LogP contribution in [0.3, 0.4) is 0 Å². The molecule has 0 fully saturated rings. The van der Waals surface area contributed by atoms with Crippen molar-refractivity contribution < 1.29 is 4.39 Å². The lowest BCUT2D eigenvalue weighted by Gasteiger charge is -2.03. The summed E-state index contributed by atoms with van der Waals surface area (Å²) in [6.45, 7) is 3.81. The third kappa shape index (κ3) is 1.62. The number of benzene rings is 1. The minimum absolute atomic E-state index is 0.0972. The molecule has 0 N–H and O–H groups in total. The van der Waals surface area contributed by atoms with Gasteiger partial charge in [-0.2, -0.15) is 5.26 Å². The molecule has 1 nitrogen and oxygen atoms in total. The van der Waals surface area contributed by atoms with Crippen molar-refractivity contribution in [3.05, 3.63) is 41.1 Å². The van der Waals surface area contributed by atoms with E-state index in [4.69, 9.17) is 5.26 Å². The van der Waals surface area contributed by atoms with Gasteiger partial charge in [0.05, 0.1) is 5.56 Å². The zero-order chi connectivity index (χ0) is 9.14. The summed E-state index contributed by atoms with van der Waals surface area (Å²) in [6, 6.07) is 6.40. The standard InChI is InChI=1S/C10H9FN/c1-7(2)8-3-4-9(6-12)10(11)5-8/h3-5H,1-2H3. The molecule has 0 aromatic heterocycles. The van der Waals surface area contributed by atoms with Crippen LogP contribution in [0.1, 0.15) is 25.0 Å². The van der Waals surface area contributed by atoms with E-state index in [9.17, 15) is 4.39 Å². The van der Waals surface area contributed by atoms with Crippen LogP contribution in [0.5, 0.6) is 0 Å². The summed E-state index contributed by atoms with van der Waals surface area (Å²) in [4.78, 5) is 0. The molecule has 0 saturated heterocycles. The molecule has 0 aliphatic rings. The first kappa shape index (κ1) is 8.73. The molecule has 1 aromatic rings. The normalized spacial score (nSPS) is 9.92. The average Bonchev–Trinajstić information content (AvgIpc) is 2.04. The fraction of sp³-hybridized carbons (Fsp3) is 0.200. The highest BCUT2D eigenvalue weighted by Gasteiger charge is 2.04. The highest BCUT2D eigenvalue weighted by molar-refractivity contribution is 5.37. The Labute approximate surface area is 71.4 Å². The molecule has 0 atom stereocenters. The Morgan fingerprint density at radius 2 is 2.08 bits per heavy atom. The first-order valence-corrected chi connectivity index (χ1v) is 3.65. The van der Waals surface area contributed by atoms with Gasteiger partial charge < -0.3 is 0 Å². The highest BCUT2D eigenvalue weighted by atomic mass is 19.1. The van der Waals surface area contributed by atoms with Crippen LogP contribution in [0.2, 0.25) is 0 Å². The molecule has 12 heavy (non-hydrogen) atoms. The summed E-state index contributed by atoms with van der Waals surface area (Å²) < 4.78 is 13.0. The summed E-state index contributed by atoms with van der Waals surface area (Å²) in [7, 11) is 0. The second kappa shape index (κ2) is 3.36. The Kier molecular flexibility index (Phi) is 2.44. The van der Waals surface area contributed by atoms with Gasteiger partial charge in [0.25, 0.3) is 0 Å². The Morgan fingerprint density at radius 3 is 2.50 bits per heavy atom. The smallest absolute Gasteiger partial charge is 0.141 e. The largest absolute Gasteiger partial charge is 0.206 e. The van der Waals surface area contributed by atoms with E-state index in [1.54, 1.807) is 12.1 Å². The predicted molar refractivity (Wildman–Crippen MR) is 44.8 cm³/mol. The molecule has 0 heterocycles. The zero-order valence-corrected chi connectivity index (χ0v) is 7.06. The number of halogens is 1. The highest BCUT2D eigenvalue weighted by Crippen LogP contribution is 2.16. The molecular formula is C10H9FN. The lowest BCUT2D eigenvalue weighted by atomic mass is 10.0. The molecule has 1 aromatic carbocycles. The van der Waals surface area contributed by atoms with Crippen LogP contribution in [0.4, 0.5) is 4.39 Å². The fourth-order valence-electron chi connectivity index (χ4n) is 0.917. The van der Waals surface area contributed by atoms with E-state index >= 15 is 0 Å². The monoisotopic (exact) mass is 162 g/mol. The maximum Gasteiger partial charge on any atom is 0.141 e. The van der Waals surface area contributed by atoms with Crippen molar-refractivity contribution in [2.45, 2.75) is 13.8 Å². The van der Waals surface area contributed by atoms with Crippen molar-refractivity contribution in [1.29, 1.82) is 5.26 Å². The van der Waals surface area contributed by atoms with E-state index in [0.717, 1.165) is 11.5 Å². The molecule has 0 bridgehead atoms. The van der Waals surface area contributed by atoms with E-state index in [0.29, 0.717) is 0 Å². The fourth-order valence-corrected chi connectivity index (χ4v) is 0.917. The Balaban J connectivity index is 3.12. The number of rotatable bonds is 1. The van der Waals surface area contributed by atoms with Gasteiger partial charge in [0.1, 0.15) is 11.9 Å². The van der Waals surface area contributed by atoms with Crippen molar-refractivity contribution >= 4 is 0 Å². The Morgan fingerprint density at radius 1 is 1.42 bits per heavy atom. The van der Waals surface area contributed by atoms with E-state index < -0.39 is 5.82 Å². The predicted octanol–water partition coefficient (Wildman–Crippen LogP) is 2.66. The van der Waals surface area contributed by atoms with Crippen molar-refractivity contribution in [2.24, 2.45) is 0 Å². The first-order chi connectivity index (χ1) is 5.65. The maximum atomic E-state index is 13.0. The van der Waals surface area contributed by atoms with Crippen LogP contribution in [0.25, 0.3) is 0 Å². The second-order valence-corrected chi connectivity index (χ2v) is 2.81. The van der Waals surface area contributed by atoms with Crippen LogP contribution in [-0.2, 0) is 0 Å². The lowest BCUT2D eigenvalue weighted by molar-refractivity contribution is 0.622. The zero-order valence-electron chi connectivity index (χ0n) is 7.06. The summed E-state index contributed by atoms with van der Waals surface area (Å²) >= 11 is 0. The number of nitrogens with zero attached hydrogens (tertiary/aromatic N) is 1. The van der Waals surface area contributed by atoms with Gasteiger partial charge in [-0.1, -0.05) is 19.9 Å². The molecule has 0 aliphatic carbocycles. The molecule has 0 amide bonds.